The van der Waals surface area contributed by atoms with Gasteiger partial charge in [0.05, 0.1) is 16.5 Å². The molecule has 1 fully saturated rings. The molecule has 0 aliphatic carbocycles. The lowest BCUT2D eigenvalue weighted by atomic mass is 9.96. The Morgan fingerprint density at radius 3 is 2.25 bits per heavy atom. The molecular formula is C30H27N5O4S. The average molecular weight is 554 g/mol. The maximum Gasteiger partial charge on any atom is 0.264 e. The Kier molecular flexibility index (Phi) is 7.75. The molecule has 40 heavy (non-hydrogen) atoms. The van der Waals surface area contributed by atoms with Crippen LogP contribution < -0.4 is 9.62 Å². The Morgan fingerprint density at radius 2 is 1.57 bits per heavy atom. The van der Waals surface area contributed by atoms with Gasteiger partial charge in [-0.15, -0.1) is 0 Å². The molecule has 1 aliphatic rings. The van der Waals surface area contributed by atoms with E-state index in [0.29, 0.717) is 37.3 Å². The van der Waals surface area contributed by atoms with Crippen LogP contribution in [-0.2, 0) is 26.0 Å². The van der Waals surface area contributed by atoms with E-state index in [2.05, 4.69) is 14.6 Å². The van der Waals surface area contributed by atoms with E-state index in [0.717, 1.165) is 16.5 Å². The summed E-state index contributed by atoms with van der Waals surface area (Å²) in [5.41, 5.74) is 2.09. The lowest BCUT2D eigenvalue weighted by Crippen LogP contribution is -2.53. The van der Waals surface area contributed by atoms with Crippen LogP contribution in [0.4, 0.5) is 5.69 Å². The smallest absolute Gasteiger partial charge is 0.264 e. The highest BCUT2D eigenvalue weighted by Gasteiger charge is 2.35. The van der Waals surface area contributed by atoms with Crippen molar-refractivity contribution in [3.05, 3.63) is 102 Å². The monoisotopic (exact) mass is 553 g/mol. The number of sulfonamides is 1. The number of rotatable bonds is 7. The first-order chi connectivity index (χ1) is 19.3. The second-order valence-corrected chi connectivity index (χ2v) is 11.2. The van der Waals surface area contributed by atoms with E-state index in [1.807, 2.05) is 30.3 Å². The van der Waals surface area contributed by atoms with E-state index in [1.165, 1.54) is 12.1 Å². The zero-order valence-corrected chi connectivity index (χ0v) is 22.4. The minimum Gasteiger partial charge on any atom is -0.368 e. The third-order valence-electron chi connectivity index (χ3n) is 7.02. The molecule has 1 atom stereocenters. The summed E-state index contributed by atoms with van der Waals surface area (Å²) in [6.07, 6.45) is 3.41. The minimum atomic E-state index is -4.24. The number of amides is 2. The second kappa shape index (κ2) is 11.6. The molecule has 1 aromatic heterocycles. The quantitative estimate of drug-likeness (QED) is 0.349. The van der Waals surface area contributed by atoms with Crippen molar-refractivity contribution in [1.29, 1.82) is 5.26 Å². The molecule has 3 aromatic carbocycles. The summed E-state index contributed by atoms with van der Waals surface area (Å²) in [4.78, 5) is 34.9. The minimum absolute atomic E-state index is 0.00577. The Balaban J connectivity index is 1.36. The zero-order chi connectivity index (χ0) is 28.1. The first kappa shape index (κ1) is 26.8. The van der Waals surface area contributed by atoms with E-state index in [4.69, 9.17) is 5.26 Å². The maximum atomic E-state index is 13.7. The Bertz CT molecular complexity index is 1680. The highest BCUT2D eigenvalue weighted by atomic mass is 32.2. The normalized spacial score (nSPS) is 14.4. The molecular weight excluding hydrogens is 526 g/mol. The number of carbonyl (C=O) groups is 2. The highest BCUT2D eigenvalue weighted by Crippen LogP contribution is 2.21. The van der Waals surface area contributed by atoms with Crippen molar-refractivity contribution in [1.82, 2.24) is 14.6 Å². The fourth-order valence-electron chi connectivity index (χ4n) is 4.80. The number of piperazine rings is 1. The van der Waals surface area contributed by atoms with Crippen LogP contribution in [0.1, 0.15) is 11.1 Å². The summed E-state index contributed by atoms with van der Waals surface area (Å²) in [5, 5.41) is 10.7. The van der Waals surface area contributed by atoms with E-state index >= 15 is 0 Å². The summed E-state index contributed by atoms with van der Waals surface area (Å²) >= 11 is 0. The molecule has 1 N–H and O–H groups in total. The van der Waals surface area contributed by atoms with Gasteiger partial charge in [0.25, 0.3) is 10.0 Å². The van der Waals surface area contributed by atoms with Gasteiger partial charge in [-0.2, -0.15) is 5.26 Å². The van der Waals surface area contributed by atoms with Crippen molar-refractivity contribution >= 4 is 38.3 Å². The standard InChI is InChI=1S/C30H27N5O4S/c31-21-23-7-5-22(6-8-23)19-28(30(37)35-17-15-34(16-18-35)26-11-13-32-14-12-26)29(36)33-40(38,39)27-10-9-24-3-1-2-4-25(24)20-27/h1-14,20,28H,15-19H2,(H,33,36). The first-order valence-electron chi connectivity index (χ1n) is 12.8. The van der Waals surface area contributed by atoms with Crippen molar-refractivity contribution in [2.75, 3.05) is 31.1 Å². The number of nitrogens with one attached hydrogen (secondary N) is 1. The summed E-state index contributed by atoms with van der Waals surface area (Å²) in [6.45, 7) is 1.90. The molecule has 0 radical (unpaired) electrons. The number of carbonyl (C=O) groups excluding carboxylic acids is 2. The number of nitriles is 1. The third kappa shape index (κ3) is 5.95. The number of hydrogen-bond donors (Lipinski definition) is 1. The molecule has 1 unspecified atom stereocenters. The van der Waals surface area contributed by atoms with E-state index in [-0.39, 0.29) is 11.3 Å². The molecule has 0 bridgehead atoms. The van der Waals surface area contributed by atoms with E-state index in [9.17, 15) is 18.0 Å². The van der Waals surface area contributed by atoms with Gasteiger partial charge in [0, 0.05) is 44.3 Å². The van der Waals surface area contributed by atoms with Crippen molar-refractivity contribution in [2.45, 2.75) is 11.3 Å². The first-order valence-corrected chi connectivity index (χ1v) is 14.3. The predicted molar refractivity (Wildman–Crippen MR) is 151 cm³/mol. The molecule has 10 heteroatoms. The van der Waals surface area contributed by atoms with Crippen LogP contribution in [0.25, 0.3) is 10.8 Å². The van der Waals surface area contributed by atoms with Crippen LogP contribution in [0.3, 0.4) is 0 Å². The van der Waals surface area contributed by atoms with Crippen LogP contribution >= 0.6 is 0 Å². The van der Waals surface area contributed by atoms with Gasteiger partial charge < -0.3 is 9.80 Å². The molecule has 2 amide bonds. The lowest BCUT2D eigenvalue weighted by molar-refractivity contribution is -0.141. The number of hydrogen-bond acceptors (Lipinski definition) is 7. The number of anilines is 1. The number of pyridine rings is 1. The maximum absolute atomic E-state index is 13.7. The van der Waals surface area contributed by atoms with Crippen LogP contribution in [0.2, 0.25) is 0 Å². The molecule has 202 valence electrons. The number of aromatic nitrogens is 1. The lowest BCUT2D eigenvalue weighted by Gasteiger charge is -2.37. The van der Waals surface area contributed by atoms with Gasteiger partial charge in [-0.25, -0.2) is 13.1 Å². The summed E-state index contributed by atoms with van der Waals surface area (Å²) in [5.74, 6) is -2.60. The molecule has 1 saturated heterocycles. The van der Waals surface area contributed by atoms with Crippen molar-refractivity contribution in [3.8, 4) is 6.07 Å². The van der Waals surface area contributed by atoms with Gasteiger partial charge in [0.15, 0.2) is 0 Å². The van der Waals surface area contributed by atoms with Gasteiger partial charge in [0.1, 0.15) is 5.92 Å². The van der Waals surface area contributed by atoms with Gasteiger partial charge in [-0.1, -0.05) is 42.5 Å². The molecule has 5 rings (SSSR count). The van der Waals surface area contributed by atoms with Crippen molar-refractivity contribution in [3.63, 3.8) is 0 Å². The zero-order valence-electron chi connectivity index (χ0n) is 21.6. The third-order valence-corrected chi connectivity index (χ3v) is 8.37. The van der Waals surface area contributed by atoms with Crippen LogP contribution in [0.5, 0.6) is 0 Å². The number of fused-ring (bicyclic) bond motifs is 1. The van der Waals surface area contributed by atoms with Crippen molar-refractivity contribution < 1.29 is 18.0 Å². The average Bonchev–Trinajstić information content (AvgIpc) is 3.00. The summed E-state index contributed by atoms with van der Waals surface area (Å²) in [6, 6.07) is 24.3. The molecule has 4 aromatic rings. The van der Waals surface area contributed by atoms with E-state index in [1.54, 1.807) is 59.8 Å². The molecule has 0 saturated carbocycles. The largest absolute Gasteiger partial charge is 0.368 e. The molecule has 1 aliphatic heterocycles. The summed E-state index contributed by atoms with van der Waals surface area (Å²) < 4.78 is 28.6. The van der Waals surface area contributed by atoms with E-state index < -0.39 is 27.8 Å². The topological polar surface area (TPSA) is 123 Å². The highest BCUT2D eigenvalue weighted by molar-refractivity contribution is 7.90. The van der Waals surface area contributed by atoms with Gasteiger partial charge in [-0.3, -0.25) is 14.6 Å². The van der Waals surface area contributed by atoms with Crippen LogP contribution in [0.15, 0.2) is 96.2 Å². The fraction of sp³-hybridized carbons (Fsp3) is 0.200. The van der Waals surface area contributed by atoms with Gasteiger partial charge >= 0.3 is 0 Å². The number of benzene rings is 3. The predicted octanol–water partition coefficient (Wildman–Crippen LogP) is 3.12. The van der Waals surface area contributed by atoms with Crippen molar-refractivity contribution in [2.24, 2.45) is 5.92 Å². The van der Waals surface area contributed by atoms with Gasteiger partial charge in [-0.05, 0) is 59.2 Å². The number of nitrogens with zero attached hydrogens (tertiary/aromatic N) is 4. The Labute approximate surface area is 232 Å². The van der Waals surface area contributed by atoms with Gasteiger partial charge in [0.2, 0.25) is 11.8 Å². The molecule has 2 heterocycles. The molecule has 9 nitrogen and oxygen atoms in total. The second-order valence-electron chi connectivity index (χ2n) is 9.56. The molecule has 0 spiro atoms. The van der Waals surface area contributed by atoms with Crippen LogP contribution in [-0.4, -0.2) is 56.3 Å². The Hall–Kier alpha value is -4.75. The van der Waals surface area contributed by atoms with Crippen LogP contribution in [0, 0.1) is 17.2 Å². The fourth-order valence-corrected chi connectivity index (χ4v) is 5.85. The Morgan fingerprint density at radius 1 is 0.900 bits per heavy atom. The summed E-state index contributed by atoms with van der Waals surface area (Å²) in [7, 11) is -4.24. The SMILES string of the molecule is N#Cc1ccc(CC(C(=O)NS(=O)(=O)c2ccc3ccccc3c2)C(=O)N2CCN(c3ccncc3)CC2)cc1.